The van der Waals surface area contributed by atoms with Crippen molar-refractivity contribution in [2.24, 2.45) is 0 Å². The van der Waals surface area contributed by atoms with Crippen molar-refractivity contribution < 1.29 is 23.8 Å². The van der Waals surface area contributed by atoms with Gasteiger partial charge in [-0.05, 0) is 48.6 Å². The number of hydrogen-bond acceptors (Lipinski definition) is 9. The van der Waals surface area contributed by atoms with Gasteiger partial charge in [0.15, 0.2) is 17.9 Å². The van der Waals surface area contributed by atoms with E-state index in [0.717, 1.165) is 44.0 Å². The van der Waals surface area contributed by atoms with E-state index in [2.05, 4.69) is 32.3 Å². The largest absolute Gasteiger partial charge is 0.486 e. The van der Waals surface area contributed by atoms with Crippen LogP contribution in [0.4, 0.5) is 5.69 Å². The van der Waals surface area contributed by atoms with Crippen LogP contribution in [-0.4, -0.2) is 64.2 Å². The second-order valence-corrected chi connectivity index (χ2v) is 9.45. The first-order chi connectivity index (χ1) is 17.6. The van der Waals surface area contributed by atoms with E-state index < -0.39 is 6.10 Å². The monoisotopic (exact) mass is 492 g/mol. The lowest BCUT2D eigenvalue weighted by Crippen LogP contribution is -2.36. The standard InChI is InChI=1S/C27H32N4O5/c32-24(2-4-27(33)21-9-23(12-28-11-21)30-22-6-8-34-16-22)15-31-7-5-19-10-25(3-1-20(19)14-31)35-17-26-13-29-18-36-26/h1,3,9-13,18,22,24,30,32H,2,4-8,14-17H2/t22?,24-/m0/s1. The lowest BCUT2D eigenvalue weighted by atomic mass is 9.98. The fraction of sp³-hybridized carbons (Fsp3) is 0.444. The van der Waals surface area contributed by atoms with Crippen LogP contribution in [0.1, 0.15) is 46.5 Å². The molecule has 36 heavy (non-hydrogen) atoms. The van der Waals surface area contributed by atoms with Gasteiger partial charge in [-0.3, -0.25) is 14.7 Å². The number of anilines is 1. The Morgan fingerprint density at radius 3 is 3.00 bits per heavy atom. The molecule has 2 aromatic heterocycles. The van der Waals surface area contributed by atoms with Crippen LogP contribution in [0.15, 0.2) is 53.7 Å². The van der Waals surface area contributed by atoms with Gasteiger partial charge in [0, 0.05) is 50.6 Å². The van der Waals surface area contributed by atoms with E-state index in [-0.39, 0.29) is 18.2 Å². The minimum Gasteiger partial charge on any atom is -0.486 e. The maximum Gasteiger partial charge on any atom is 0.181 e. The van der Waals surface area contributed by atoms with Gasteiger partial charge in [-0.25, -0.2) is 4.98 Å². The van der Waals surface area contributed by atoms with Crippen LogP contribution in [0.3, 0.4) is 0 Å². The molecule has 1 saturated heterocycles. The Morgan fingerprint density at radius 1 is 1.22 bits per heavy atom. The third kappa shape index (κ3) is 6.48. The van der Waals surface area contributed by atoms with E-state index >= 15 is 0 Å². The number of pyridine rings is 1. The van der Waals surface area contributed by atoms with Crippen molar-refractivity contribution in [2.75, 3.05) is 31.6 Å². The SMILES string of the molecule is O=C(CC[C@H](O)CN1CCc2cc(OCc3cnco3)ccc2C1)c1cncc(NC2CCOC2)c1. The molecule has 4 heterocycles. The minimum atomic E-state index is -0.565. The molecular weight excluding hydrogens is 460 g/mol. The van der Waals surface area contributed by atoms with E-state index in [1.54, 1.807) is 18.6 Å². The number of carbonyl (C=O) groups is 1. The number of oxazole rings is 1. The van der Waals surface area contributed by atoms with E-state index in [1.807, 2.05) is 12.1 Å². The molecule has 1 unspecified atom stereocenters. The molecule has 2 atom stereocenters. The van der Waals surface area contributed by atoms with Crippen molar-refractivity contribution >= 4 is 11.5 Å². The molecule has 2 aliphatic rings. The topological polar surface area (TPSA) is 110 Å². The van der Waals surface area contributed by atoms with Crippen LogP contribution < -0.4 is 10.1 Å². The highest BCUT2D eigenvalue weighted by atomic mass is 16.5. The van der Waals surface area contributed by atoms with Gasteiger partial charge < -0.3 is 24.3 Å². The Balaban J connectivity index is 1.07. The zero-order valence-corrected chi connectivity index (χ0v) is 20.3. The third-order valence-electron chi connectivity index (χ3n) is 6.67. The number of ether oxygens (including phenoxy) is 2. The van der Waals surface area contributed by atoms with Gasteiger partial charge in [0.2, 0.25) is 0 Å². The Morgan fingerprint density at radius 2 is 2.17 bits per heavy atom. The van der Waals surface area contributed by atoms with E-state index in [1.165, 1.54) is 17.5 Å². The van der Waals surface area contributed by atoms with Crippen LogP contribution in [0.5, 0.6) is 5.75 Å². The molecule has 0 amide bonds. The number of fused-ring (bicyclic) bond motifs is 1. The number of carbonyl (C=O) groups excluding carboxylic acids is 1. The maximum atomic E-state index is 12.7. The first-order valence-electron chi connectivity index (χ1n) is 12.5. The summed E-state index contributed by atoms with van der Waals surface area (Å²) < 4.78 is 16.4. The summed E-state index contributed by atoms with van der Waals surface area (Å²) in [5, 5.41) is 14.0. The molecule has 190 valence electrons. The zero-order valence-electron chi connectivity index (χ0n) is 20.3. The number of nitrogens with zero attached hydrogens (tertiary/aromatic N) is 3. The zero-order chi connectivity index (χ0) is 24.7. The van der Waals surface area contributed by atoms with Gasteiger partial charge >= 0.3 is 0 Å². The van der Waals surface area contributed by atoms with Crippen molar-refractivity contribution in [3.05, 3.63) is 71.7 Å². The highest BCUT2D eigenvalue weighted by Crippen LogP contribution is 2.25. The lowest BCUT2D eigenvalue weighted by Gasteiger charge is -2.30. The predicted molar refractivity (Wildman–Crippen MR) is 133 cm³/mol. The Hall–Kier alpha value is -3.27. The summed E-state index contributed by atoms with van der Waals surface area (Å²) in [6, 6.07) is 8.22. The number of β-amino-alcohol motifs (C(OH)–C–C–N with tert-alkyl or cyclic N) is 1. The normalized spacial score (nSPS) is 18.5. The van der Waals surface area contributed by atoms with Crippen molar-refractivity contribution in [3.8, 4) is 5.75 Å². The first kappa shape index (κ1) is 24.4. The van der Waals surface area contributed by atoms with Crippen molar-refractivity contribution in [3.63, 3.8) is 0 Å². The number of rotatable bonds is 11. The summed E-state index contributed by atoms with van der Waals surface area (Å²) in [4.78, 5) is 23.1. The molecule has 2 N–H and O–H groups in total. The number of aliphatic hydroxyl groups excluding tert-OH is 1. The summed E-state index contributed by atoms with van der Waals surface area (Å²) in [7, 11) is 0. The molecule has 5 rings (SSSR count). The summed E-state index contributed by atoms with van der Waals surface area (Å²) >= 11 is 0. The lowest BCUT2D eigenvalue weighted by molar-refractivity contribution is 0.0836. The fourth-order valence-corrected chi connectivity index (χ4v) is 4.69. The van der Waals surface area contributed by atoms with Crippen LogP contribution in [0, 0.1) is 0 Å². The molecule has 0 aliphatic carbocycles. The number of Topliss-reactive ketones (excluding diaryl/α,β-unsaturated/α-hetero) is 1. The number of nitrogens with one attached hydrogen (secondary N) is 1. The van der Waals surface area contributed by atoms with Crippen molar-refractivity contribution in [1.82, 2.24) is 14.9 Å². The predicted octanol–water partition coefficient (Wildman–Crippen LogP) is 3.23. The van der Waals surface area contributed by atoms with Crippen molar-refractivity contribution in [1.29, 1.82) is 0 Å². The molecule has 2 aliphatic heterocycles. The van der Waals surface area contributed by atoms with Gasteiger partial charge in [0.25, 0.3) is 0 Å². The van der Waals surface area contributed by atoms with Gasteiger partial charge in [-0.2, -0.15) is 0 Å². The Bertz CT molecular complexity index is 1150. The number of ketones is 1. The molecule has 0 spiro atoms. The molecule has 9 heteroatoms. The maximum absolute atomic E-state index is 12.7. The van der Waals surface area contributed by atoms with E-state index in [4.69, 9.17) is 13.9 Å². The molecule has 3 aromatic rings. The quantitative estimate of drug-likeness (QED) is 0.390. The molecule has 1 fully saturated rings. The van der Waals surface area contributed by atoms with E-state index in [9.17, 15) is 9.90 Å². The van der Waals surface area contributed by atoms with Crippen LogP contribution in [0.25, 0.3) is 0 Å². The number of aromatic nitrogens is 2. The average molecular weight is 493 g/mol. The van der Waals surface area contributed by atoms with Gasteiger partial charge in [-0.1, -0.05) is 6.07 Å². The minimum absolute atomic E-state index is 0.00489. The van der Waals surface area contributed by atoms with Gasteiger partial charge in [0.05, 0.1) is 30.6 Å². The van der Waals surface area contributed by atoms with Crippen LogP contribution in [0.2, 0.25) is 0 Å². The van der Waals surface area contributed by atoms with Crippen molar-refractivity contribution in [2.45, 2.75) is 51.0 Å². The van der Waals surface area contributed by atoms with Crippen LogP contribution >= 0.6 is 0 Å². The molecule has 1 aromatic carbocycles. The summed E-state index contributed by atoms with van der Waals surface area (Å²) in [5.41, 5.74) is 3.89. The smallest absolute Gasteiger partial charge is 0.181 e. The third-order valence-corrected chi connectivity index (χ3v) is 6.67. The number of hydrogen-bond donors (Lipinski definition) is 2. The summed E-state index contributed by atoms with van der Waals surface area (Å²) in [5.74, 6) is 1.49. The number of aliphatic hydroxyl groups is 1. The Labute approximate surface area is 210 Å². The average Bonchev–Trinajstić information content (AvgIpc) is 3.61. The van der Waals surface area contributed by atoms with E-state index in [0.29, 0.717) is 37.5 Å². The molecule has 0 radical (unpaired) electrons. The number of benzene rings is 1. The molecular formula is C27H32N4O5. The van der Waals surface area contributed by atoms with Gasteiger partial charge in [-0.15, -0.1) is 0 Å². The second kappa shape index (κ2) is 11.6. The second-order valence-electron chi connectivity index (χ2n) is 9.45. The first-order valence-corrected chi connectivity index (χ1v) is 12.5. The summed E-state index contributed by atoms with van der Waals surface area (Å²) in [6.45, 7) is 3.94. The highest BCUT2D eigenvalue weighted by Gasteiger charge is 2.21. The fourth-order valence-electron chi connectivity index (χ4n) is 4.69. The van der Waals surface area contributed by atoms with Crippen LogP contribution in [-0.2, 0) is 24.3 Å². The summed E-state index contributed by atoms with van der Waals surface area (Å²) in [6.07, 6.45) is 8.34. The highest BCUT2D eigenvalue weighted by molar-refractivity contribution is 5.96. The molecule has 9 nitrogen and oxygen atoms in total. The molecule has 0 saturated carbocycles. The Kier molecular flexibility index (Phi) is 7.90. The molecule has 0 bridgehead atoms. The van der Waals surface area contributed by atoms with Gasteiger partial charge in [0.1, 0.15) is 12.4 Å².